The molecule has 5 heteroatoms. The van der Waals surface area contributed by atoms with E-state index in [4.69, 9.17) is 9.47 Å². The molecule has 0 aliphatic heterocycles. The molecule has 42 heavy (non-hydrogen) atoms. The molecular formula is C37H52NO3Sn+. The third kappa shape index (κ3) is 6.74. The van der Waals surface area contributed by atoms with Crippen LogP contribution in [-0.2, 0) is 10.2 Å². The average molecular weight is 678 g/mol. The zero-order chi connectivity index (χ0) is 30.7. The maximum absolute atomic E-state index is 13.8. The van der Waals surface area contributed by atoms with Crippen LogP contribution >= 0.6 is 0 Å². The van der Waals surface area contributed by atoms with Gasteiger partial charge in [0, 0.05) is 0 Å². The van der Waals surface area contributed by atoms with Crippen LogP contribution in [0.5, 0.6) is 11.5 Å². The molecule has 0 unspecified atom stereocenters. The first-order valence-electron chi connectivity index (χ1n) is 15.9. The summed E-state index contributed by atoms with van der Waals surface area (Å²) in [6.45, 7) is 21.2. The number of hydrogen-bond acceptors (Lipinski definition) is 3. The second kappa shape index (κ2) is 13.5. The van der Waals surface area contributed by atoms with E-state index >= 15 is 0 Å². The number of hydrogen-bond donors (Lipinski definition) is 0. The van der Waals surface area contributed by atoms with Crippen molar-refractivity contribution in [2.75, 3.05) is 0 Å². The number of rotatable bonds is 9. The van der Waals surface area contributed by atoms with E-state index < -0.39 is 18.4 Å². The van der Waals surface area contributed by atoms with E-state index in [9.17, 15) is 4.79 Å². The molecule has 0 spiro atoms. The van der Waals surface area contributed by atoms with Crippen LogP contribution in [-0.4, -0.2) is 30.6 Å². The van der Waals surface area contributed by atoms with E-state index in [-0.39, 0.29) is 23.5 Å². The van der Waals surface area contributed by atoms with Crippen LogP contribution in [0, 0.1) is 11.8 Å². The molecule has 1 heterocycles. The average Bonchev–Trinajstić information content (AvgIpc) is 2.94. The summed E-state index contributed by atoms with van der Waals surface area (Å²) in [5.41, 5.74) is 1.07. The zero-order valence-corrected chi connectivity index (χ0v) is 30.1. The molecule has 1 aromatic heterocycles. The number of benzene rings is 2. The Morgan fingerprint density at radius 2 is 1.43 bits per heavy atom. The van der Waals surface area contributed by atoms with E-state index in [1.807, 2.05) is 48.7 Å². The number of pyridine rings is 1. The van der Waals surface area contributed by atoms with Crippen molar-refractivity contribution in [3.05, 3.63) is 84.7 Å². The molecule has 226 valence electrons. The van der Waals surface area contributed by atoms with Gasteiger partial charge in [0.1, 0.15) is 5.75 Å². The number of para-hydroxylation sites is 1. The van der Waals surface area contributed by atoms with Gasteiger partial charge in [0.2, 0.25) is 0 Å². The molecule has 4 nitrogen and oxygen atoms in total. The first kappa shape index (κ1) is 32.6. The van der Waals surface area contributed by atoms with Crippen LogP contribution in [0.1, 0.15) is 87.1 Å². The maximum atomic E-state index is 13.8. The van der Waals surface area contributed by atoms with Gasteiger partial charge in [0.15, 0.2) is 0 Å². The van der Waals surface area contributed by atoms with Crippen molar-refractivity contribution in [1.29, 1.82) is 0 Å². The van der Waals surface area contributed by atoms with Gasteiger partial charge in [0.25, 0.3) is 0 Å². The van der Waals surface area contributed by atoms with Crippen molar-refractivity contribution in [2.45, 2.75) is 105 Å². The summed E-state index contributed by atoms with van der Waals surface area (Å²) in [5.74, 6) is 2.40. The molecule has 0 N–H and O–H groups in total. The van der Waals surface area contributed by atoms with Crippen molar-refractivity contribution >= 4 is 28.0 Å². The van der Waals surface area contributed by atoms with Gasteiger partial charge in [-0.25, -0.2) is 0 Å². The summed E-state index contributed by atoms with van der Waals surface area (Å²) in [4.78, 5) is 13.8. The molecule has 1 fully saturated rings. The van der Waals surface area contributed by atoms with Crippen molar-refractivity contribution in [1.82, 2.24) is 0 Å². The Morgan fingerprint density at radius 3 is 2.02 bits per heavy atom. The summed E-state index contributed by atoms with van der Waals surface area (Å²) in [7, 11) is 0. The van der Waals surface area contributed by atoms with Crippen LogP contribution in [0.3, 0.4) is 0 Å². The number of ether oxygens (including phenoxy) is 2. The van der Waals surface area contributed by atoms with Crippen LogP contribution in [0.25, 0.3) is 0 Å². The Labute approximate surface area is 258 Å². The Balaban J connectivity index is 1.57. The van der Waals surface area contributed by atoms with Gasteiger partial charge in [-0.2, -0.15) is 0 Å². The number of carbonyl (C=O) groups excluding carboxylic acids is 1. The van der Waals surface area contributed by atoms with Gasteiger partial charge in [-0.1, -0.05) is 18.2 Å². The Hall–Kier alpha value is -2.34. The second-order valence-corrected chi connectivity index (χ2v) is 30.9. The van der Waals surface area contributed by atoms with Crippen molar-refractivity contribution < 1.29 is 18.8 Å². The quantitative estimate of drug-likeness (QED) is 0.167. The molecule has 1 aliphatic carbocycles. The van der Waals surface area contributed by atoms with Gasteiger partial charge in [-0.3, -0.25) is 0 Å². The molecule has 4 rings (SSSR count). The zero-order valence-electron chi connectivity index (χ0n) is 27.3. The molecule has 0 radical (unpaired) electrons. The van der Waals surface area contributed by atoms with Crippen LogP contribution < -0.4 is 12.9 Å². The Morgan fingerprint density at radius 1 is 0.833 bits per heavy atom. The van der Waals surface area contributed by atoms with Crippen molar-refractivity contribution in [3.8, 4) is 11.5 Å². The van der Waals surface area contributed by atoms with Gasteiger partial charge < -0.3 is 4.74 Å². The fraction of sp³-hybridized carbons (Fsp3) is 0.514. The fourth-order valence-corrected chi connectivity index (χ4v) is 27.4. The van der Waals surface area contributed by atoms with Crippen LogP contribution in [0.2, 0.25) is 11.8 Å². The molecule has 0 amide bonds. The van der Waals surface area contributed by atoms with Crippen LogP contribution in [0.15, 0.2) is 79.1 Å². The van der Waals surface area contributed by atoms with E-state index in [1.54, 1.807) is 4.57 Å². The van der Waals surface area contributed by atoms with Gasteiger partial charge in [0.05, 0.1) is 0 Å². The molecule has 0 bridgehead atoms. The predicted octanol–water partition coefficient (Wildman–Crippen LogP) is 9.42. The standard InChI is InChI=1S/C28H31NO3.3C3H7.Sn/c1-21-12-17-25(26(20-21)32-27(30)29-18-8-5-9-19-29)28(2,3)22-13-15-24(16-14-22)31-23-10-6-4-7-11-23;3*1-3-2;/h4-8,10-11,13-16,18-19,21,25-26H,12,17,20H2,1-3H3;3*3H,1-2H3;/q+1;;;;/t21-,25-,26-;;;;/m1..../s1. The van der Waals surface area contributed by atoms with E-state index in [1.165, 1.54) is 9.14 Å². The van der Waals surface area contributed by atoms with Gasteiger partial charge in [-0.15, -0.1) is 0 Å². The monoisotopic (exact) mass is 678 g/mol. The first-order chi connectivity index (χ1) is 19.9. The molecule has 3 atom stereocenters. The van der Waals surface area contributed by atoms with Crippen molar-refractivity contribution in [2.24, 2.45) is 11.8 Å². The number of carbonyl (C=O) groups is 1. The minimum absolute atomic E-state index is 0.138. The van der Waals surface area contributed by atoms with Crippen LogP contribution in [0.4, 0.5) is 4.79 Å². The molecule has 1 aliphatic rings. The molecule has 1 saturated carbocycles. The van der Waals surface area contributed by atoms with E-state index in [0.29, 0.717) is 17.7 Å². The third-order valence-electron chi connectivity index (χ3n) is 10.2. The summed E-state index contributed by atoms with van der Waals surface area (Å²) in [6.07, 6.45) is 6.68. The predicted molar refractivity (Wildman–Crippen MR) is 175 cm³/mol. The molecule has 0 saturated heterocycles. The number of aromatic nitrogens is 1. The van der Waals surface area contributed by atoms with Gasteiger partial charge in [-0.05, 0) is 12.1 Å². The molecule has 2 aromatic carbocycles. The first-order valence-corrected chi connectivity index (χ1v) is 22.3. The number of nitrogens with zero attached hydrogens (tertiary/aromatic N) is 1. The Kier molecular flexibility index (Phi) is 10.5. The second-order valence-electron chi connectivity index (χ2n) is 14.0. The Bertz CT molecular complexity index is 1290. The summed E-state index contributed by atoms with van der Waals surface area (Å²) in [6, 6.07) is 22.6. The molecular weight excluding hydrogens is 625 g/mol. The van der Waals surface area contributed by atoms with E-state index in [2.05, 4.69) is 92.8 Å². The SMILES string of the molecule is C[CH](C)[Sn]([c]1ccc[n+](C(=O)O[C@@H]2C[C@H](C)CC[C@H]2C(C)(C)c2ccc(Oc3ccccc3)cc2)c1)([CH](C)C)[CH](C)C. The minimum atomic E-state index is -2.85. The molecule has 3 aromatic rings. The summed E-state index contributed by atoms with van der Waals surface area (Å²) in [5, 5.41) is 0. The van der Waals surface area contributed by atoms with Crippen molar-refractivity contribution in [3.63, 3.8) is 0 Å². The van der Waals surface area contributed by atoms with Gasteiger partial charge >= 0.3 is 219 Å². The van der Waals surface area contributed by atoms with E-state index in [0.717, 1.165) is 30.8 Å². The summed E-state index contributed by atoms with van der Waals surface area (Å²) < 4.78 is 17.5. The fourth-order valence-electron chi connectivity index (χ4n) is 8.11. The topological polar surface area (TPSA) is 39.4 Å². The third-order valence-corrected chi connectivity index (χ3v) is 30.2. The normalized spacial score (nSPS) is 19.8. The summed E-state index contributed by atoms with van der Waals surface area (Å²) >= 11 is -2.85.